The fraction of sp³-hybridized carbons (Fsp3) is 0.625. The number of amides is 1. The minimum Gasteiger partial charge on any atom is -0.495 e. The van der Waals surface area contributed by atoms with Crippen molar-refractivity contribution in [3.05, 3.63) is 35.9 Å². The number of methoxy groups -OCH3 is 1. The van der Waals surface area contributed by atoms with Crippen LogP contribution in [0.5, 0.6) is 5.75 Å². The van der Waals surface area contributed by atoms with Gasteiger partial charge in [0.05, 0.1) is 12.8 Å². The van der Waals surface area contributed by atoms with Crippen LogP contribution >= 0.6 is 0 Å². The molecule has 160 valence electrons. The lowest BCUT2D eigenvalue weighted by molar-refractivity contribution is -0.132. The van der Waals surface area contributed by atoms with E-state index in [2.05, 4.69) is 37.8 Å². The predicted molar refractivity (Wildman–Crippen MR) is 117 cm³/mol. The van der Waals surface area contributed by atoms with Crippen LogP contribution in [0.3, 0.4) is 0 Å². The summed E-state index contributed by atoms with van der Waals surface area (Å²) in [6.45, 7) is 9.91. The van der Waals surface area contributed by atoms with Gasteiger partial charge in [0.15, 0.2) is 0 Å². The minimum absolute atomic E-state index is 0.200. The highest BCUT2D eigenvalue weighted by Gasteiger charge is 2.33. The van der Waals surface area contributed by atoms with Crippen LogP contribution < -0.4 is 9.64 Å². The van der Waals surface area contributed by atoms with E-state index in [-0.39, 0.29) is 18.4 Å². The molecule has 3 atom stereocenters. The van der Waals surface area contributed by atoms with Gasteiger partial charge in [0.2, 0.25) is 5.91 Å². The van der Waals surface area contributed by atoms with E-state index in [9.17, 15) is 9.90 Å². The number of rotatable bonds is 6. The van der Waals surface area contributed by atoms with Crippen LogP contribution in [0.2, 0.25) is 0 Å². The third-order valence-corrected chi connectivity index (χ3v) is 6.77. The number of benzene rings is 1. The number of carbonyl (C=O) groups excluding carboxylic acids is 1. The summed E-state index contributed by atoms with van der Waals surface area (Å²) in [6.07, 6.45) is 3.79. The molecule has 1 aromatic rings. The number of hydrogen-bond donors (Lipinski definition) is 1. The largest absolute Gasteiger partial charge is 0.495 e. The number of ether oxygens (including phenoxy) is 1. The summed E-state index contributed by atoms with van der Waals surface area (Å²) in [4.78, 5) is 17.3. The molecule has 1 aliphatic heterocycles. The molecular formula is C24H36N2O3. The maximum Gasteiger partial charge on any atom is 0.223 e. The van der Waals surface area contributed by atoms with Crippen molar-refractivity contribution in [1.82, 2.24) is 4.90 Å². The van der Waals surface area contributed by atoms with E-state index in [1.54, 1.807) is 7.11 Å². The average Bonchev–Trinajstić information content (AvgIpc) is 2.74. The number of para-hydroxylation sites is 2. The van der Waals surface area contributed by atoms with Crippen molar-refractivity contribution >= 4 is 11.6 Å². The van der Waals surface area contributed by atoms with E-state index in [0.29, 0.717) is 24.2 Å². The van der Waals surface area contributed by atoms with Gasteiger partial charge < -0.3 is 19.6 Å². The van der Waals surface area contributed by atoms with Crippen molar-refractivity contribution < 1.29 is 14.6 Å². The molecule has 3 unspecified atom stereocenters. The SMILES string of the molecule is COc1ccccc1N1CCN(C(=O)CC2CC(C(C)C)C(CO)C=C2C)CC1. The Morgan fingerprint density at radius 3 is 2.52 bits per heavy atom. The van der Waals surface area contributed by atoms with Gasteiger partial charge >= 0.3 is 0 Å². The van der Waals surface area contributed by atoms with Gasteiger partial charge in [0.1, 0.15) is 5.75 Å². The molecule has 1 fully saturated rings. The Balaban J connectivity index is 1.58. The van der Waals surface area contributed by atoms with Crippen LogP contribution in [0, 0.1) is 23.7 Å². The van der Waals surface area contributed by atoms with Gasteiger partial charge in [-0.15, -0.1) is 0 Å². The third-order valence-electron chi connectivity index (χ3n) is 6.77. The van der Waals surface area contributed by atoms with Crippen LogP contribution in [-0.2, 0) is 4.79 Å². The van der Waals surface area contributed by atoms with E-state index < -0.39 is 0 Å². The van der Waals surface area contributed by atoms with E-state index in [4.69, 9.17) is 4.74 Å². The zero-order chi connectivity index (χ0) is 21.0. The van der Waals surface area contributed by atoms with E-state index in [0.717, 1.165) is 44.0 Å². The molecule has 0 bridgehead atoms. The highest BCUT2D eigenvalue weighted by molar-refractivity contribution is 5.77. The molecule has 1 N–H and O–H groups in total. The second kappa shape index (κ2) is 9.66. The topological polar surface area (TPSA) is 53.0 Å². The van der Waals surface area contributed by atoms with Gasteiger partial charge in [0, 0.05) is 45.1 Å². The quantitative estimate of drug-likeness (QED) is 0.742. The molecule has 0 saturated carbocycles. The van der Waals surface area contributed by atoms with Gasteiger partial charge in [-0.25, -0.2) is 0 Å². The number of aliphatic hydroxyl groups is 1. The number of hydrogen-bond acceptors (Lipinski definition) is 4. The number of nitrogens with zero attached hydrogens (tertiary/aromatic N) is 2. The first-order valence-corrected chi connectivity index (χ1v) is 10.9. The van der Waals surface area contributed by atoms with Crippen molar-refractivity contribution in [3.63, 3.8) is 0 Å². The Labute approximate surface area is 175 Å². The first-order valence-electron chi connectivity index (χ1n) is 10.9. The molecule has 1 heterocycles. The third kappa shape index (κ3) is 4.95. The monoisotopic (exact) mass is 400 g/mol. The second-order valence-electron chi connectivity index (χ2n) is 8.84. The van der Waals surface area contributed by atoms with Crippen molar-refractivity contribution in [2.75, 3.05) is 44.8 Å². The Kier molecular flexibility index (Phi) is 7.23. The molecule has 5 nitrogen and oxygen atoms in total. The Hall–Kier alpha value is -2.01. The van der Waals surface area contributed by atoms with Crippen LogP contribution in [0.25, 0.3) is 0 Å². The maximum atomic E-state index is 13.0. The lowest BCUT2D eigenvalue weighted by atomic mass is 9.70. The Bertz CT molecular complexity index is 723. The van der Waals surface area contributed by atoms with Crippen LogP contribution in [0.1, 0.15) is 33.6 Å². The standard InChI is InChI=1S/C24H36N2O3/c1-17(2)21-14-19(18(3)13-20(21)16-27)15-24(28)26-11-9-25(10-12-26)22-7-5-6-8-23(22)29-4/h5-8,13,17,19-21,27H,9-12,14-16H2,1-4H3. The number of aliphatic hydroxyl groups excluding tert-OH is 1. The number of piperazine rings is 1. The minimum atomic E-state index is 0.200. The summed E-state index contributed by atoms with van der Waals surface area (Å²) in [6, 6.07) is 8.07. The molecule has 0 radical (unpaired) electrons. The van der Waals surface area contributed by atoms with Gasteiger partial charge in [-0.2, -0.15) is 0 Å². The highest BCUT2D eigenvalue weighted by Crippen LogP contribution is 2.39. The van der Waals surface area contributed by atoms with Gasteiger partial charge in [0.25, 0.3) is 0 Å². The van der Waals surface area contributed by atoms with Gasteiger partial charge in [-0.1, -0.05) is 37.6 Å². The smallest absolute Gasteiger partial charge is 0.223 e. The van der Waals surface area contributed by atoms with Gasteiger partial charge in [-0.3, -0.25) is 4.79 Å². The first kappa shape index (κ1) is 21.7. The van der Waals surface area contributed by atoms with E-state index in [1.165, 1.54) is 5.57 Å². The zero-order valence-electron chi connectivity index (χ0n) is 18.3. The molecule has 1 aliphatic carbocycles. The molecule has 3 rings (SSSR count). The van der Waals surface area contributed by atoms with Crippen molar-refractivity contribution in [3.8, 4) is 5.75 Å². The van der Waals surface area contributed by atoms with Crippen LogP contribution in [0.4, 0.5) is 5.69 Å². The van der Waals surface area contributed by atoms with Gasteiger partial charge in [-0.05, 0) is 43.2 Å². The molecule has 1 saturated heterocycles. The molecule has 1 aromatic carbocycles. The fourth-order valence-electron chi connectivity index (χ4n) is 4.91. The molecular weight excluding hydrogens is 364 g/mol. The van der Waals surface area contributed by atoms with Crippen molar-refractivity contribution in [1.29, 1.82) is 0 Å². The molecule has 0 aromatic heterocycles. The maximum absolute atomic E-state index is 13.0. The summed E-state index contributed by atoms with van der Waals surface area (Å²) in [7, 11) is 1.70. The zero-order valence-corrected chi connectivity index (χ0v) is 18.3. The van der Waals surface area contributed by atoms with Crippen molar-refractivity contribution in [2.45, 2.75) is 33.6 Å². The van der Waals surface area contributed by atoms with E-state index >= 15 is 0 Å². The Morgan fingerprint density at radius 2 is 1.90 bits per heavy atom. The lowest BCUT2D eigenvalue weighted by Crippen LogP contribution is -2.49. The normalized spacial score (nSPS) is 25.2. The predicted octanol–water partition coefficient (Wildman–Crippen LogP) is 3.58. The number of anilines is 1. The average molecular weight is 401 g/mol. The van der Waals surface area contributed by atoms with Crippen LogP contribution in [0.15, 0.2) is 35.9 Å². The Morgan fingerprint density at radius 1 is 1.21 bits per heavy atom. The summed E-state index contributed by atoms with van der Waals surface area (Å²) in [5.41, 5.74) is 2.37. The summed E-state index contributed by atoms with van der Waals surface area (Å²) in [5.74, 6) is 2.62. The second-order valence-corrected chi connectivity index (χ2v) is 8.84. The lowest BCUT2D eigenvalue weighted by Gasteiger charge is -2.39. The summed E-state index contributed by atoms with van der Waals surface area (Å²) >= 11 is 0. The molecule has 2 aliphatic rings. The summed E-state index contributed by atoms with van der Waals surface area (Å²) in [5, 5.41) is 9.72. The molecule has 0 spiro atoms. The fourth-order valence-corrected chi connectivity index (χ4v) is 4.91. The highest BCUT2D eigenvalue weighted by atomic mass is 16.5. The van der Waals surface area contributed by atoms with E-state index in [1.807, 2.05) is 23.1 Å². The molecule has 1 amide bonds. The number of carbonyl (C=O) groups is 1. The van der Waals surface area contributed by atoms with Crippen molar-refractivity contribution in [2.24, 2.45) is 23.7 Å². The number of allylic oxidation sites excluding steroid dienone is 1. The first-order chi connectivity index (χ1) is 13.9. The molecule has 5 heteroatoms. The summed E-state index contributed by atoms with van der Waals surface area (Å²) < 4.78 is 5.49. The molecule has 29 heavy (non-hydrogen) atoms. The van der Waals surface area contributed by atoms with Crippen LogP contribution in [-0.4, -0.2) is 55.8 Å².